The largest absolute Gasteiger partial charge is 0.491 e. The molecule has 2 aromatic heterocycles. The zero-order valence-electron chi connectivity index (χ0n) is 14.5. The number of nitrogens with zero attached hydrogens (tertiary/aromatic N) is 2. The van der Waals surface area contributed by atoms with Crippen LogP contribution in [0.4, 0.5) is 6.01 Å². The van der Waals surface area contributed by atoms with Gasteiger partial charge in [-0.05, 0) is 58.0 Å². The van der Waals surface area contributed by atoms with Gasteiger partial charge in [-0.15, -0.1) is 5.10 Å². The Bertz CT molecular complexity index is 878. The van der Waals surface area contributed by atoms with Crippen molar-refractivity contribution in [2.45, 2.75) is 33.8 Å². The molecule has 7 heteroatoms. The minimum absolute atomic E-state index is 0.0285. The number of nitrogens with one attached hydrogen (secondary N) is 1. The van der Waals surface area contributed by atoms with Gasteiger partial charge in [0.1, 0.15) is 17.3 Å². The highest BCUT2D eigenvalue weighted by atomic mass is 16.5. The Kier molecular flexibility index (Phi) is 4.56. The Hall–Kier alpha value is -3.09. The predicted molar refractivity (Wildman–Crippen MR) is 91.6 cm³/mol. The normalized spacial score (nSPS) is 10.9. The minimum atomic E-state index is -0.341. The third-order valence-electron chi connectivity index (χ3n) is 3.41. The molecule has 25 heavy (non-hydrogen) atoms. The number of furan rings is 1. The standard InChI is InChI=1S/C18H19N3O4/c1-10(2)23-14-7-5-13(6-8-14)16(22)19-18-21-20-17(25-18)15-9-11(3)24-12(15)4/h5-10H,1-4H3,(H,19,21,22). The van der Waals surface area contributed by atoms with Gasteiger partial charge >= 0.3 is 6.01 Å². The zero-order valence-corrected chi connectivity index (χ0v) is 14.5. The first kappa shape index (κ1) is 16.8. The van der Waals surface area contributed by atoms with Gasteiger partial charge in [-0.25, -0.2) is 0 Å². The number of carbonyl (C=O) groups excluding carboxylic acids is 1. The number of aromatic nitrogens is 2. The van der Waals surface area contributed by atoms with Crippen LogP contribution in [0.25, 0.3) is 11.5 Å². The molecule has 0 spiro atoms. The van der Waals surface area contributed by atoms with Crippen molar-refractivity contribution < 1.29 is 18.4 Å². The molecule has 0 aliphatic rings. The van der Waals surface area contributed by atoms with E-state index < -0.39 is 0 Å². The van der Waals surface area contributed by atoms with Crippen molar-refractivity contribution >= 4 is 11.9 Å². The molecule has 0 aliphatic heterocycles. The molecule has 1 aromatic carbocycles. The lowest BCUT2D eigenvalue weighted by Gasteiger charge is -2.09. The van der Waals surface area contributed by atoms with E-state index in [0.717, 1.165) is 5.76 Å². The monoisotopic (exact) mass is 341 g/mol. The van der Waals surface area contributed by atoms with Crippen LogP contribution < -0.4 is 10.1 Å². The maximum Gasteiger partial charge on any atom is 0.322 e. The average molecular weight is 341 g/mol. The van der Waals surface area contributed by atoms with Crippen molar-refractivity contribution in [3.63, 3.8) is 0 Å². The first-order valence-electron chi connectivity index (χ1n) is 7.91. The molecule has 130 valence electrons. The van der Waals surface area contributed by atoms with Crippen LogP contribution in [0.2, 0.25) is 0 Å². The molecule has 1 N–H and O–H groups in total. The minimum Gasteiger partial charge on any atom is -0.491 e. The molecular formula is C18H19N3O4. The Labute approximate surface area is 145 Å². The van der Waals surface area contributed by atoms with Gasteiger partial charge in [0.2, 0.25) is 0 Å². The average Bonchev–Trinajstić information content (AvgIpc) is 3.13. The van der Waals surface area contributed by atoms with Gasteiger partial charge in [0.25, 0.3) is 11.8 Å². The second-order valence-electron chi connectivity index (χ2n) is 5.88. The van der Waals surface area contributed by atoms with Crippen molar-refractivity contribution in [2.75, 3.05) is 5.32 Å². The van der Waals surface area contributed by atoms with Gasteiger partial charge in [0, 0.05) is 5.56 Å². The van der Waals surface area contributed by atoms with Crippen LogP contribution in [0, 0.1) is 13.8 Å². The number of hydrogen-bond donors (Lipinski definition) is 1. The number of hydrogen-bond acceptors (Lipinski definition) is 6. The van der Waals surface area contributed by atoms with Gasteiger partial charge in [-0.2, -0.15) is 0 Å². The van der Waals surface area contributed by atoms with E-state index in [2.05, 4.69) is 15.5 Å². The summed E-state index contributed by atoms with van der Waals surface area (Å²) >= 11 is 0. The van der Waals surface area contributed by atoms with Gasteiger partial charge in [-0.1, -0.05) is 5.10 Å². The number of amides is 1. The van der Waals surface area contributed by atoms with Crippen LogP contribution in [0.15, 0.2) is 39.2 Å². The summed E-state index contributed by atoms with van der Waals surface area (Å²) in [5, 5.41) is 10.4. The third kappa shape index (κ3) is 3.88. The molecule has 0 unspecified atom stereocenters. The molecule has 3 aromatic rings. The SMILES string of the molecule is Cc1cc(-c2nnc(NC(=O)c3ccc(OC(C)C)cc3)o2)c(C)o1. The fourth-order valence-corrected chi connectivity index (χ4v) is 2.35. The summed E-state index contributed by atoms with van der Waals surface area (Å²) in [6, 6.07) is 8.67. The Morgan fingerprint density at radius 3 is 2.44 bits per heavy atom. The van der Waals surface area contributed by atoms with Crippen LogP contribution >= 0.6 is 0 Å². The molecule has 0 radical (unpaired) electrons. The second kappa shape index (κ2) is 6.80. The number of ether oxygens (including phenoxy) is 1. The van der Waals surface area contributed by atoms with E-state index in [4.69, 9.17) is 13.6 Å². The fourth-order valence-electron chi connectivity index (χ4n) is 2.35. The smallest absolute Gasteiger partial charge is 0.322 e. The van der Waals surface area contributed by atoms with Crippen LogP contribution in [0.1, 0.15) is 35.7 Å². The Morgan fingerprint density at radius 2 is 1.84 bits per heavy atom. The molecule has 7 nitrogen and oxygen atoms in total. The van der Waals surface area contributed by atoms with Crippen LogP contribution in [0.3, 0.4) is 0 Å². The summed E-state index contributed by atoms with van der Waals surface area (Å²) in [4.78, 5) is 12.3. The number of benzene rings is 1. The highest BCUT2D eigenvalue weighted by molar-refractivity contribution is 6.03. The Morgan fingerprint density at radius 1 is 1.12 bits per heavy atom. The van der Waals surface area contributed by atoms with Crippen molar-refractivity contribution in [3.8, 4) is 17.2 Å². The lowest BCUT2D eigenvalue weighted by atomic mass is 10.2. The van der Waals surface area contributed by atoms with E-state index >= 15 is 0 Å². The molecule has 0 atom stereocenters. The highest BCUT2D eigenvalue weighted by Crippen LogP contribution is 2.26. The van der Waals surface area contributed by atoms with Crippen molar-refractivity contribution in [2.24, 2.45) is 0 Å². The quantitative estimate of drug-likeness (QED) is 0.754. The van der Waals surface area contributed by atoms with E-state index in [0.29, 0.717) is 28.5 Å². The Balaban J connectivity index is 1.70. The summed E-state index contributed by atoms with van der Waals surface area (Å²) < 4.78 is 16.5. The third-order valence-corrected chi connectivity index (χ3v) is 3.41. The first-order valence-corrected chi connectivity index (χ1v) is 7.91. The summed E-state index contributed by atoms with van der Waals surface area (Å²) in [7, 11) is 0. The fraction of sp³-hybridized carbons (Fsp3) is 0.278. The second-order valence-corrected chi connectivity index (χ2v) is 5.88. The molecule has 0 aliphatic carbocycles. The number of carbonyl (C=O) groups is 1. The molecule has 2 heterocycles. The van der Waals surface area contributed by atoms with Crippen molar-refractivity contribution in [3.05, 3.63) is 47.4 Å². The molecular weight excluding hydrogens is 322 g/mol. The maximum atomic E-state index is 12.3. The summed E-state index contributed by atoms with van der Waals surface area (Å²) in [6.07, 6.45) is 0.0755. The molecule has 3 rings (SSSR count). The predicted octanol–water partition coefficient (Wildman–Crippen LogP) is 3.99. The van der Waals surface area contributed by atoms with Gasteiger partial charge in [0.05, 0.1) is 11.7 Å². The lowest BCUT2D eigenvalue weighted by molar-refractivity contribution is 0.102. The maximum absolute atomic E-state index is 12.3. The topological polar surface area (TPSA) is 90.4 Å². The van der Waals surface area contributed by atoms with E-state index in [1.54, 1.807) is 24.3 Å². The molecule has 0 fully saturated rings. The summed E-state index contributed by atoms with van der Waals surface area (Å²) in [5.41, 5.74) is 1.17. The van der Waals surface area contributed by atoms with E-state index in [-0.39, 0.29) is 18.0 Å². The first-order chi connectivity index (χ1) is 11.9. The molecule has 1 amide bonds. The highest BCUT2D eigenvalue weighted by Gasteiger charge is 2.16. The van der Waals surface area contributed by atoms with Crippen molar-refractivity contribution in [1.29, 1.82) is 0 Å². The number of aryl methyl sites for hydroxylation is 2. The summed E-state index contributed by atoms with van der Waals surface area (Å²) in [6.45, 7) is 7.53. The number of anilines is 1. The lowest BCUT2D eigenvalue weighted by Crippen LogP contribution is -2.12. The van der Waals surface area contributed by atoms with Crippen molar-refractivity contribution in [1.82, 2.24) is 10.2 Å². The van der Waals surface area contributed by atoms with E-state index in [1.807, 2.05) is 33.8 Å². The molecule has 0 saturated heterocycles. The van der Waals surface area contributed by atoms with Crippen LogP contribution in [-0.2, 0) is 0 Å². The van der Waals surface area contributed by atoms with E-state index in [9.17, 15) is 4.79 Å². The number of rotatable bonds is 5. The van der Waals surface area contributed by atoms with Gasteiger partial charge in [-0.3, -0.25) is 10.1 Å². The van der Waals surface area contributed by atoms with Crippen LogP contribution in [-0.4, -0.2) is 22.2 Å². The summed E-state index contributed by atoms with van der Waals surface area (Å²) in [5.74, 6) is 2.09. The van der Waals surface area contributed by atoms with Gasteiger partial charge in [0.15, 0.2) is 0 Å². The van der Waals surface area contributed by atoms with E-state index in [1.165, 1.54) is 0 Å². The van der Waals surface area contributed by atoms with Crippen LogP contribution in [0.5, 0.6) is 5.75 Å². The zero-order chi connectivity index (χ0) is 18.0. The molecule has 0 saturated carbocycles. The van der Waals surface area contributed by atoms with Gasteiger partial charge < -0.3 is 13.6 Å². The molecule has 0 bridgehead atoms.